The van der Waals surface area contributed by atoms with Gasteiger partial charge in [0.2, 0.25) is 0 Å². The SMILES string of the molecule is CC1CC(C)N(CC(C#N)(NC(C)C)c2ccccc2)C1. The molecule has 3 heteroatoms. The van der Waals surface area contributed by atoms with Crippen molar-refractivity contribution < 1.29 is 0 Å². The van der Waals surface area contributed by atoms with Crippen molar-refractivity contribution in [2.45, 2.75) is 51.7 Å². The fraction of sp³-hybridized carbons (Fsp3) is 0.611. The molecule has 1 heterocycles. The van der Waals surface area contributed by atoms with Gasteiger partial charge < -0.3 is 0 Å². The van der Waals surface area contributed by atoms with Crippen molar-refractivity contribution in [1.29, 1.82) is 5.26 Å². The van der Waals surface area contributed by atoms with Gasteiger partial charge in [-0.25, -0.2) is 0 Å². The minimum absolute atomic E-state index is 0.264. The van der Waals surface area contributed by atoms with Crippen LogP contribution in [-0.2, 0) is 5.54 Å². The highest BCUT2D eigenvalue weighted by Gasteiger charge is 2.38. The van der Waals surface area contributed by atoms with Crippen LogP contribution in [0.25, 0.3) is 0 Å². The summed E-state index contributed by atoms with van der Waals surface area (Å²) in [7, 11) is 0. The lowest BCUT2D eigenvalue weighted by Gasteiger charge is -2.36. The first-order chi connectivity index (χ1) is 9.97. The van der Waals surface area contributed by atoms with Crippen LogP contribution >= 0.6 is 0 Å². The van der Waals surface area contributed by atoms with Crippen molar-refractivity contribution in [3.63, 3.8) is 0 Å². The molecule has 3 unspecified atom stereocenters. The van der Waals surface area contributed by atoms with E-state index in [1.165, 1.54) is 6.42 Å². The molecule has 1 aliphatic heterocycles. The Balaban J connectivity index is 2.30. The highest BCUT2D eigenvalue weighted by atomic mass is 15.2. The van der Waals surface area contributed by atoms with Gasteiger partial charge in [-0.3, -0.25) is 10.2 Å². The molecule has 1 saturated heterocycles. The van der Waals surface area contributed by atoms with E-state index in [9.17, 15) is 5.26 Å². The number of rotatable bonds is 5. The molecule has 114 valence electrons. The molecule has 1 aromatic rings. The summed E-state index contributed by atoms with van der Waals surface area (Å²) in [5.41, 5.74) is 0.432. The average Bonchev–Trinajstić information content (AvgIpc) is 2.76. The van der Waals surface area contributed by atoms with Gasteiger partial charge in [-0.2, -0.15) is 5.26 Å². The molecule has 0 spiro atoms. The van der Waals surface area contributed by atoms with E-state index >= 15 is 0 Å². The maximum absolute atomic E-state index is 9.95. The molecular weight excluding hydrogens is 258 g/mol. The fourth-order valence-corrected chi connectivity index (χ4v) is 3.48. The van der Waals surface area contributed by atoms with E-state index in [0.717, 1.165) is 18.7 Å². The summed E-state index contributed by atoms with van der Waals surface area (Å²) < 4.78 is 0. The number of hydrogen-bond donors (Lipinski definition) is 1. The van der Waals surface area contributed by atoms with E-state index in [2.05, 4.69) is 56.1 Å². The number of nitrogens with one attached hydrogen (secondary N) is 1. The van der Waals surface area contributed by atoms with E-state index in [1.54, 1.807) is 0 Å². The maximum atomic E-state index is 9.95. The Kier molecular flexibility index (Phi) is 5.03. The number of benzene rings is 1. The Bertz CT molecular complexity index is 491. The van der Waals surface area contributed by atoms with E-state index in [-0.39, 0.29) is 6.04 Å². The van der Waals surface area contributed by atoms with Crippen molar-refractivity contribution in [2.75, 3.05) is 13.1 Å². The first kappa shape index (κ1) is 16.0. The summed E-state index contributed by atoms with van der Waals surface area (Å²) >= 11 is 0. The molecule has 0 radical (unpaired) electrons. The summed E-state index contributed by atoms with van der Waals surface area (Å²) in [6.07, 6.45) is 1.22. The predicted molar refractivity (Wildman–Crippen MR) is 86.8 cm³/mol. The van der Waals surface area contributed by atoms with Crippen LogP contribution in [0, 0.1) is 17.2 Å². The molecule has 3 nitrogen and oxygen atoms in total. The van der Waals surface area contributed by atoms with Crippen LogP contribution in [0.3, 0.4) is 0 Å². The lowest BCUT2D eigenvalue weighted by molar-refractivity contribution is 0.196. The van der Waals surface area contributed by atoms with E-state index < -0.39 is 5.54 Å². The molecule has 1 aromatic carbocycles. The lowest BCUT2D eigenvalue weighted by atomic mass is 9.89. The second kappa shape index (κ2) is 6.60. The third-order valence-corrected chi connectivity index (χ3v) is 4.35. The van der Waals surface area contributed by atoms with E-state index in [1.807, 2.05) is 18.2 Å². The van der Waals surface area contributed by atoms with Gasteiger partial charge in [-0.15, -0.1) is 0 Å². The van der Waals surface area contributed by atoms with Crippen molar-refractivity contribution in [3.8, 4) is 6.07 Å². The lowest BCUT2D eigenvalue weighted by Crippen LogP contribution is -2.53. The Labute approximate surface area is 129 Å². The molecule has 1 fully saturated rings. The van der Waals surface area contributed by atoms with Crippen LogP contribution in [-0.4, -0.2) is 30.1 Å². The van der Waals surface area contributed by atoms with Crippen LogP contribution in [0.4, 0.5) is 0 Å². The van der Waals surface area contributed by atoms with Crippen LogP contribution < -0.4 is 5.32 Å². The van der Waals surface area contributed by atoms with Gasteiger partial charge in [0.1, 0.15) is 5.54 Å². The van der Waals surface area contributed by atoms with Gasteiger partial charge >= 0.3 is 0 Å². The van der Waals surface area contributed by atoms with Crippen LogP contribution in [0.15, 0.2) is 30.3 Å². The van der Waals surface area contributed by atoms with Crippen LogP contribution in [0.5, 0.6) is 0 Å². The predicted octanol–water partition coefficient (Wildman–Crippen LogP) is 3.13. The minimum atomic E-state index is -0.631. The zero-order valence-electron chi connectivity index (χ0n) is 13.6. The molecule has 0 saturated carbocycles. The molecule has 1 aliphatic rings. The number of likely N-dealkylation sites (tertiary alicyclic amines) is 1. The molecule has 3 atom stereocenters. The van der Waals surface area contributed by atoms with Gasteiger partial charge in [0, 0.05) is 25.2 Å². The fourth-order valence-electron chi connectivity index (χ4n) is 3.48. The topological polar surface area (TPSA) is 39.1 Å². The van der Waals surface area contributed by atoms with Crippen LogP contribution in [0.1, 0.15) is 39.7 Å². The Morgan fingerprint density at radius 1 is 1.33 bits per heavy atom. The molecule has 0 aliphatic carbocycles. The largest absolute Gasteiger partial charge is 0.297 e. The molecule has 0 aromatic heterocycles. The monoisotopic (exact) mass is 285 g/mol. The summed E-state index contributed by atoms with van der Waals surface area (Å²) in [6, 6.07) is 13.5. The zero-order chi connectivity index (χ0) is 15.5. The van der Waals surface area contributed by atoms with Gasteiger partial charge in [0.05, 0.1) is 6.07 Å². The Hall–Kier alpha value is -1.37. The number of hydrogen-bond acceptors (Lipinski definition) is 3. The molecular formula is C18H27N3. The van der Waals surface area contributed by atoms with Crippen molar-refractivity contribution in [2.24, 2.45) is 5.92 Å². The Morgan fingerprint density at radius 2 is 2.00 bits per heavy atom. The quantitative estimate of drug-likeness (QED) is 0.903. The van der Waals surface area contributed by atoms with Crippen molar-refractivity contribution >= 4 is 0 Å². The molecule has 21 heavy (non-hydrogen) atoms. The number of nitrogens with zero attached hydrogens (tertiary/aromatic N) is 2. The van der Waals surface area contributed by atoms with Gasteiger partial charge in [0.25, 0.3) is 0 Å². The van der Waals surface area contributed by atoms with Gasteiger partial charge in [-0.05, 0) is 38.7 Å². The molecule has 0 amide bonds. The maximum Gasteiger partial charge on any atom is 0.145 e. The van der Waals surface area contributed by atoms with Crippen LogP contribution in [0.2, 0.25) is 0 Å². The zero-order valence-corrected chi connectivity index (χ0v) is 13.6. The second-order valence-corrected chi connectivity index (χ2v) is 6.80. The van der Waals surface area contributed by atoms with E-state index in [0.29, 0.717) is 12.0 Å². The standard InChI is InChI=1S/C18H27N3/c1-14(2)20-18(12-19,17-8-6-5-7-9-17)13-21-11-15(3)10-16(21)4/h5-9,14-16,20H,10-11,13H2,1-4H3. The third-order valence-electron chi connectivity index (χ3n) is 4.35. The first-order valence-electron chi connectivity index (χ1n) is 7.95. The average molecular weight is 285 g/mol. The summed E-state index contributed by atoms with van der Waals surface area (Å²) in [5, 5.41) is 13.5. The molecule has 1 N–H and O–H groups in total. The second-order valence-electron chi connectivity index (χ2n) is 6.80. The summed E-state index contributed by atoms with van der Waals surface area (Å²) in [6.45, 7) is 10.6. The minimum Gasteiger partial charge on any atom is -0.297 e. The highest BCUT2D eigenvalue weighted by molar-refractivity contribution is 5.32. The normalized spacial score (nSPS) is 25.7. The highest BCUT2D eigenvalue weighted by Crippen LogP contribution is 2.29. The first-order valence-corrected chi connectivity index (χ1v) is 7.95. The van der Waals surface area contributed by atoms with Gasteiger partial charge in [-0.1, -0.05) is 37.3 Å². The van der Waals surface area contributed by atoms with Gasteiger partial charge in [0.15, 0.2) is 0 Å². The summed E-state index contributed by atoms with van der Waals surface area (Å²) in [4.78, 5) is 2.45. The summed E-state index contributed by atoms with van der Waals surface area (Å²) in [5.74, 6) is 0.714. The Morgan fingerprint density at radius 3 is 2.48 bits per heavy atom. The molecule has 2 rings (SSSR count). The van der Waals surface area contributed by atoms with Crippen molar-refractivity contribution in [1.82, 2.24) is 10.2 Å². The molecule has 0 bridgehead atoms. The van der Waals surface area contributed by atoms with Crippen molar-refractivity contribution in [3.05, 3.63) is 35.9 Å². The van der Waals surface area contributed by atoms with E-state index in [4.69, 9.17) is 0 Å². The third kappa shape index (κ3) is 3.64. The number of nitriles is 1. The smallest absolute Gasteiger partial charge is 0.145 e.